The molecule has 0 amide bonds. The van der Waals surface area contributed by atoms with E-state index in [1.54, 1.807) is 24.3 Å². The van der Waals surface area contributed by atoms with Crippen LogP contribution in [0.15, 0.2) is 48.5 Å². The maximum absolute atomic E-state index is 11.3. The lowest BCUT2D eigenvalue weighted by Crippen LogP contribution is -2.52. The monoisotopic (exact) mass is 478 g/mol. The number of para-hydroxylation sites is 2. The van der Waals surface area contributed by atoms with Crippen molar-refractivity contribution in [2.45, 2.75) is 63.6 Å². The Morgan fingerprint density at radius 2 is 1.24 bits per heavy atom. The average molecular weight is 479 g/mol. The van der Waals surface area contributed by atoms with Gasteiger partial charge in [-0.15, -0.1) is 0 Å². The third-order valence-electron chi connectivity index (χ3n) is 6.00. The van der Waals surface area contributed by atoms with E-state index in [9.17, 15) is 25.5 Å². The quantitative estimate of drug-likeness (QED) is 0.238. The summed E-state index contributed by atoms with van der Waals surface area (Å²) >= 11 is 0. The Kier molecular flexibility index (Phi) is 11.2. The van der Waals surface area contributed by atoms with Crippen molar-refractivity contribution in [1.29, 1.82) is 0 Å². The molecule has 2 rings (SSSR count). The highest BCUT2D eigenvalue weighted by Gasteiger charge is 2.40. The van der Waals surface area contributed by atoms with Crippen LogP contribution in [-0.4, -0.2) is 81.0 Å². The van der Waals surface area contributed by atoms with Crippen LogP contribution in [0.3, 0.4) is 0 Å². The van der Waals surface area contributed by atoms with Gasteiger partial charge in [0.15, 0.2) is 0 Å². The van der Waals surface area contributed by atoms with Gasteiger partial charge < -0.3 is 40.1 Å². The van der Waals surface area contributed by atoms with E-state index in [0.717, 1.165) is 11.3 Å². The Bertz CT molecular complexity index is 860. The van der Waals surface area contributed by atoms with Gasteiger partial charge in [0.2, 0.25) is 0 Å². The lowest BCUT2D eigenvalue weighted by atomic mass is 9.76. The summed E-state index contributed by atoms with van der Waals surface area (Å²) in [5.74, 6) is 0.294. The highest BCUT2D eigenvalue weighted by molar-refractivity contribution is 5.39. The standard InChI is InChI=1S/C26H38O8/c1-4-33-20-12-8-6-10-17(20)14-16(3)22(18-11-7-9-13-21(18)34-5-2)24(30)26(32)25(31)23(29)19(28)15-27/h6-13,16,19,22-32H,4-5,14-15H2,1-3H3/t16?,19-,22?,23+,24?,25-,26+/m0/s1. The average Bonchev–Trinajstić information content (AvgIpc) is 2.84. The van der Waals surface area contributed by atoms with Gasteiger partial charge in [-0.1, -0.05) is 43.3 Å². The van der Waals surface area contributed by atoms with Crippen molar-refractivity contribution in [1.82, 2.24) is 0 Å². The molecule has 0 radical (unpaired) electrons. The van der Waals surface area contributed by atoms with Gasteiger partial charge >= 0.3 is 0 Å². The molecule has 0 saturated carbocycles. The molecule has 0 heterocycles. The van der Waals surface area contributed by atoms with Crippen molar-refractivity contribution in [3.8, 4) is 11.5 Å². The van der Waals surface area contributed by atoms with Gasteiger partial charge in [-0.05, 0) is 43.9 Å². The molecule has 8 heteroatoms. The highest BCUT2D eigenvalue weighted by atomic mass is 16.5. The number of aliphatic hydroxyl groups is 6. The Balaban J connectivity index is 2.44. The van der Waals surface area contributed by atoms with Gasteiger partial charge in [-0.3, -0.25) is 0 Å². The van der Waals surface area contributed by atoms with Gasteiger partial charge in [-0.2, -0.15) is 0 Å². The fourth-order valence-corrected chi connectivity index (χ4v) is 4.26. The van der Waals surface area contributed by atoms with Crippen molar-refractivity contribution >= 4 is 0 Å². The van der Waals surface area contributed by atoms with Crippen LogP contribution in [0.2, 0.25) is 0 Å². The van der Waals surface area contributed by atoms with Crippen LogP contribution in [0.1, 0.15) is 37.8 Å². The largest absolute Gasteiger partial charge is 0.494 e. The first-order valence-corrected chi connectivity index (χ1v) is 11.7. The number of benzene rings is 2. The summed E-state index contributed by atoms with van der Waals surface area (Å²) in [6.07, 6.45) is -8.23. The number of rotatable bonds is 14. The van der Waals surface area contributed by atoms with Crippen molar-refractivity contribution in [3.05, 3.63) is 59.7 Å². The molecule has 0 aliphatic carbocycles. The van der Waals surface area contributed by atoms with Gasteiger partial charge in [-0.25, -0.2) is 0 Å². The molecular formula is C26H38O8. The zero-order valence-electron chi connectivity index (χ0n) is 20.0. The van der Waals surface area contributed by atoms with E-state index >= 15 is 0 Å². The van der Waals surface area contributed by atoms with Gasteiger partial charge in [0, 0.05) is 11.5 Å². The van der Waals surface area contributed by atoms with E-state index in [-0.39, 0.29) is 5.92 Å². The number of ether oxygens (including phenoxy) is 2. The fourth-order valence-electron chi connectivity index (χ4n) is 4.26. The molecule has 2 aromatic carbocycles. The van der Waals surface area contributed by atoms with Crippen LogP contribution in [-0.2, 0) is 6.42 Å². The SMILES string of the molecule is CCOc1ccccc1CC(C)C(c1ccccc1OCC)C(O)[C@@H](O)[C@@H](O)[C@H](O)[C@@H](O)CO. The van der Waals surface area contributed by atoms with Crippen molar-refractivity contribution in [3.63, 3.8) is 0 Å². The molecule has 3 unspecified atom stereocenters. The van der Waals surface area contributed by atoms with E-state index < -0.39 is 43.0 Å². The Hall–Kier alpha value is -2.20. The summed E-state index contributed by atoms with van der Waals surface area (Å²) in [5.41, 5.74) is 1.57. The second-order valence-corrected chi connectivity index (χ2v) is 8.43. The zero-order chi connectivity index (χ0) is 25.3. The van der Waals surface area contributed by atoms with Crippen LogP contribution in [0.4, 0.5) is 0 Å². The summed E-state index contributed by atoms with van der Waals surface area (Å²) in [5, 5.41) is 61.4. The van der Waals surface area contributed by atoms with Crippen LogP contribution in [0.25, 0.3) is 0 Å². The minimum Gasteiger partial charge on any atom is -0.494 e. The molecule has 8 nitrogen and oxygen atoms in total. The van der Waals surface area contributed by atoms with Crippen molar-refractivity contribution < 1.29 is 40.1 Å². The summed E-state index contributed by atoms with van der Waals surface area (Å²) in [6.45, 7) is 5.75. The molecular weight excluding hydrogens is 440 g/mol. The summed E-state index contributed by atoms with van der Waals surface area (Å²) < 4.78 is 11.5. The van der Waals surface area contributed by atoms with Crippen molar-refractivity contribution in [2.24, 2.45) is 5.92 Å². The number of aliphatic hydroxyl groups excluding tert-OH is 6. The van der Waals surface area contributed by atoms with Crippen LogP contribution >= 0.6 is 0 Å². The molecule has 0 aliphatic rings. The Labute approximate surface area is 201 Å². The Morgan fingerprint density at radius 1 is 0.706 bits per heavy atom. The van der Waals surface area contributed by atoms with Gasteiger partial charge in [0.1, 0.15) is 35.9 Å². The molecule has 2 aromatic rings. The van der Waals surface area contributed by atoms with Crippen LogP contribution in [0.5, 0.6) is 11.5 Å². The predicted octanol–water partition coefficient (Wildman–Crippen LogP) is 1.24. The van der Waals surface area contributed by atoms with E-state index in [0.29, 0.717) is 30.9 Å². The van der Waals surface area contributed by atoms with Crippen LogP contribution in [0, 0.1) is 5.92 Å². The van der Waals surface area contributed by atoms with Gasteiger partial charge in [0.05, 0.1) is 25.9 Å². The number of hydrogen-bond donors (Lipinski definition) is 6. The van der Waals surface area contributed by atoms with Gasteiger partial charge in [0.25, 0.3) is 0 Å². The lowest BCUT2D eigenvalue weighted by Gasteiger charge is -2.36. The van der Waals surface area contributed by atoms with Crippen molar-refractivity contribution in [2.75, 3.05) is 19.8 Å². The highest BCUT2D eigenvalue weighted by Crippen LogP contribution is 2.39. The molecule has 34 heavy (non-hydrogen) atoms. The smallest absolute Gasteiger partial charge is 0.122 e. The molecule has 0 aromatic heterocycles. The number of hydrogen-bond acceptors (Lipinski definition) is 8. The van der Waals surface area contributed by atoms with E-state index in [1.165, 1.54) is 0 Å². The second-order valence-electron chi connectivity index (χ2n) is 8.43. The summed E-state index contributed by atoms with van der Waals surface area (Å²) in [7, 11) is 0. The topological polar surface area (TPSA) is 140 Å². The van der Waals surface area contributed by atoms with Crippen LogP contribution < -0.4 is 9.47 Å². The maximum Gasteiger partial charge on any atom is 0.122 e. The molecule has 7 atom stereocenters. The summed E-state index contributed by atoms with van der Waals surface area (Å²) in [4.78, 5) is 0. The molecule has 0 aliphatic heterocycles. The third-order valence-corrected chi connectivity index (χ3v) is 6.00. The minimum atomic E-state index is -1.89. The van der Waals surface area contributed by atoms with E-state index in [4.69, 9.17) is 14.6 Å². The normalized spacial score (nSPS) is 17.8. The predicted molar refractivity (Wildman–Crippen MR) is 128 cm³/mol. The first-order chi connectivity index (χ1) is 16.3. The molecule has 0 saturated heterocycles. The fraction of sp³-hybridized carbons (Fsp3) is 0.538. The molecule has 0 fully saturated rings. The maximum atomic E-state index is 11.3. The molecule has 0 bridgehead atoms. The first kappa shape index (κ1) is 28.0. The third kappa shape index (κ3) is 6.91. The second kappa shape index (κ2) is 13.6. The molecule has 190 valence electrons. The first-order valence-electron chi connectivity index (χ1n) is 11.7. The lowest BCUT2D eigenvalue weighted by molar-refractivity contribution is -0.146. The zero-order valence-corrected chi connectivity index (χ0v) is 20.0. The minimum absolute atomic E-state index is 0.264. The van der Waals surface area contributed by atoms with E-state index in [1.807, 2.05) is 45.0 Å². The molecule has 6 N–H and O–H groups in total. The van der Waals surface area contributed by atoms with E-state index in [2.05, 4.69) is 0 Å². The Morgan fingerprint density at radius 3 is 1.85 bits per heavy atom. The summed E-state index contributed by atoms with van der Waals surface area (Å²) in [6, 6.07) is 14.8. The molecule has 0 spiro atoms.